The Morgan fingerprint density at radius 2 is 1.59 bits per heavy atom. The van der Waals surface area contributed by atoms with Gasteiger partial charge in [-0.15, -0.1) is 0 Å². The summed E-state index contributed by atoms with van der Waals surface area (Å²) in [5, 5.41) is 5.78. The van der Waals surface area contributed by atoms with Crippen LogP contribution in [0, 0.1) is 0 Å². The van der Waals surface area contributed by atoms with Crippen LogP contribution in [-0.2, 0) is 19.1 Å². The molecule has 168 valence electrons. The lowest BCUT2D eigenvalue weighted by molar-refractivity contribution is -0.137. The van der Waals surface area contributed by atoms with Crippen molar-refractivity contribution < 1.29 is 23.9 Å². The summed E-state index contributed by atoms with van der Waals surface area (Å²) in [4.78, 5) is 38.6. The van der Waals surface area contributed by atoms with Crippen LogP contribution in [0.2, 0.25) is 0 Å². The minimum Gasteiger partial charge on any atom is -0.491 e. The predicted octanol–water partition coefficient (Wildman–Crippen LogP) is 3.27. The van der Waals surface area contributed by atoms with Gasteiger partial charge >= 0.3 is 0 Å². The van der Waals surface area contributed by atoms with Crippen LogP contribution in [0.15, 0.2) is 54.2 Å². The highest BCUT2D eigenvalue weighted by Gasteiger charge is 2.39. The molecule has 32 heavy (non-hydrogen) atoms. The van der Waals surface area contributed by atoms with Crippen molar-refractivity contribution in [3.05, 3.63) is 59.8 Å². The maximum absolute atomic E-state index is 13.1. The molecule has 2 N–H and O–H groups in total. The lowest BCUT2D eigenvalue weighted by atomic mass is 10.0. The largest absolute Gasteiger partial charge is 0.491 e. The molecule has 0 spiro atoms. The van der Waals surface area contributed by atoms with Crippen LogP contribution in [0.4, 0.5) is 11.4 Å². The predicted molar refractivity (Wildman–Crippen MR) is 122 cm³/mol. The standard InChI is InChI=1S/C24H27N3O5/c1-15(2)32-20-11-5-17(6-12-20)21-22(24(30)27(23(21)29)13-14-31-4)26-19-9-7-18(8-10-19)25-16(3)28/h5-12,15,26H,13-14H2,1-4H3,(H,25,28). The molecule has 0 saturated heterocycles. The zero-order chi connectivity index (χ0) is 23.3. The fraction of sp³-hybridized carbons (Fsp3) is 0.292. The minimum absolute atomic E-state index is 0.0250. The maximum atomic E-state index is 13.1. The van der Waals surface area contributed by atoms with Crippen LogP contribution >= 0.6 is 0 Å². The van der Waals surface area contributed by atoms with Gasteiger partial charge in [0, 0.05) is 25.4 Å². The van der Waals surface area contributed by atoms with Gasteiger partial charge in [0.05, 0.1) is 24.8 Å². The first kappa shape index (κ1) is 23.0. The van der Waals surface area contributed by atoms with Gasteiger partial charge < -0.3 is 20.1 Å². The Morgan fingerprint density at radius 1 is 0.969 bits per heavy atom. The Kier molecular flexibility index (Phi) is 7.27. The van der Waals surface area contributed by atoms with Gasteiger partial charge in [0.15, 0.2) is 0 Å². The molecular formula is C24H27N3O5. The fourth-order valence-electron chi connectivity index (χ4n) is 3.30. The summed E-state index contributed by atoms with van der Waals surface area (Å²) in [7, 11) is 1.52. The Morgan fingerprint density at radius 3 is 2.16 bits per heavy atom. The number of carbonyl (C=O) groups excluding carboxylic acids is 3. The van der Waals surface area contributed by atoms with Gasteiger partial charge in [-0.2, -0.15) is 0 Å². The molecule has 0 aliphatic carbocycles. The van der Waals surface area contributed by atoms with E-state index in [4.69, 9.17) is 9.47 Å². The van der Waals surface area contributed by atoms with Crippen molar-refractivity contribution in [3.63, 3.8) is 0 Å². The van der Waals surface area contributed by atoms with E-state index < -0.39 is 5.91 Å². The Labute approximate surface area is 187 Å². The number of hydrogen-bond acceptors (Lipinski definition) is 6. The van der Waals surface area contributed by atoms with Crippen LogP contribution in [0.1, 0.15) is 26.3 Å². The summed E-state index contributed by atoms with van der Waals surface area (Å²) < 4.78 is 10.7. The molecule has 0 bridgehead atoms. The molecule has 2 aromatic rings. The topological polar surface area (TPSA) is 97.0 Å². The number of hydrogen-bond donors (Lipinski definition) is 2. The number of benzene rings is 2. The van der Waals surface area contributed by atoms with Crippen LogP contribution in [0.25, 0.3) is 5.57 Å². The number of rotatable bonds is 9. The number of anilines is 2. The quantitative estimate of drug-likeness (QED) is 0.585. The van der Waals surface area contributed by atoms with Crippen molar-refractivity contribution in [2.45, 2.75) is 26.9 Å². The fourth-order valence-corrected chi connectivity index (χ4v) is 3.30. The van der Waals surface area contributed by atoms with Gasteiger partial charge in [-0.05, 0) is 55.8 Å². The molecule has 0 unspecified atom stereocenters. The summed E-state index contributed by atoms with van der Waals surface area (Å²) >= 11 is 0. The highest BCUT2D eigenvalue weighted by atomic mass is 16.5. The summed E-state index contributed by atoms with van der Waals surface area (Å²) in [6, 6.07) is 14.0. The van der Waals surface area contributed by atoms with Crippen molar-refractivity contribution in [1.82, 2.24) is 4.90 Å². The monoisotopic (exact) mass is 437 g/mol. The Balaban J connectivity index is 1.94. The molecular weight excluding hydrogens is 410 g/mol. The minimum atomic E-state index is -0.421. The number of methoxy groups -OCH3 is 1. The molecule has 0 aromatic heterocycles. The maximum Gasteiger partial charge on any atom is 0.278 e. The first-order valence-corrected chi connectivity index (χ1v) is 10.3. The van der Waals surface area contributed by atoms with Gasteiger partial charge in [-0.1, -0.05) is 12.1 Å². The van der Waals surface area contributed by atoms with Crippen molar-refractivity contribution in [1.29, 1.82) is 0 Å². The van der Waals surface area contributed by atoms with Crippen LogP contribution in [0.5, 0.6) is 5.75 Å². The molecule has 8 nitrogen and oxygen atoms in total. The van der Waals surface area contributed by atoms with E-state index in [2.05, 4.69) is 10.6 Å². The van der Waals surface area contributed by atoms with E-state index in [9.17, 15) is 14.4 Å². The number of imide groups is 1. The molecule has 1 aliphatic rings. The average molecular weight is 437 g/mol. The molecule has 0 radical (unpaired) electrons. The molecule has 8 heteroatoms. The third-order valence-electron chi connectivity index (χ3n) is 4.68. The van der Waals surface area contributed by atoms with Crippen molar-refractivity contribution in [2.24, 2.45) is 0 Å². The number of amides is 3. The van der Waals surface area contributed by atoms with E-state index in [1.54, 1.807) is 48.5 Å². The van der Waals surface area contributed by atoms with E-state index in [0.717, 1.165) is 0 Å². The van der Waals surface area contributed by atoms with Crippen molar-refractivity contribution >= 4 is 34.7 Å². The van der Waals surface area contributed by atoms with E-state index in [1.807, 2.05) is 13.8 Å². The third-order valence-corrected chi connectivity index (χ3v) is 4.68. The number of ether oxygens (including phenoxy) is 2. The first-order chi connectivity index (χ1) is 15.3. The van der Waals surface area contributed by atoms with E-state index in [1.165, 1.54) is 18.9 Å². The van der Waals surface area contributed by atoms with Gasteiger partial charge in [0.1, 0.15) is 11.4 Å². The van der Waals surface area contributed by atoms with Gasteiger partial charge in [0.2, 0.25) is 5.91 Å². The van der Waals surface area contributed by atoms with Gasteiger partial charge in [-0.3, -0.25) is 19.3 Å². The molecule has 3 rings (SSSR count). The highest BCUT2D eigenvalue weighted by Crippen LogP contribution is 2.31. The first-order valence-electron chi connectivity index (χ1n) is 10.3. The SMILES string of the molecule is COCCN1C(=O)C(Nc2ccc(NC(C)=O)cc2)=C(c2ccc(OC(C)C)cc2)C1=O. The van der Waals surface area contributed by atoms with Crippen molar-refractivity contribution in [2.75, 3.05) is 30.9 Å². The number of carbonyl (C=O) groups is 3. The summed E-state index contributed by atoms with van der Waals surface area (Å²) in [6.07, 6.45) is 0.0250. The van der Waals surface area contributed by atoms with Gasteiger partial charge in [0.25, 0.3) is 11.8 Å². The zero-order valence-electron chi connectivity index (χ0n) is 18.6. The van der Waals surface area contributed by atoms with E-state index in [-0.39, 0.29) is 42.3 Å². The van der Waals surface area contributed by atoms with E-state index >= 15 is 0 Å². The average Bonchev–Trinajstić information content (AvgIpc) is 2.97. The number of nitrogens with one attached hydrogen (secondary N) is 2. The second-order valence-electron chi connectivity index (χ2n) is 7.58. The van der Waals surface area contributed by atoms with Crippen LogP contribution in [0.3, 0.4) is 0 Å². The third kappa shape index (κ3) is 5.33. The normalized spacial score (nSPS) is 13.7. The van der Waals surface area contributed by atoms with Crippen molar-refractivity contribution in [3.8, 4) is 5.75 Å². The molecule has 1 heterocycles. The second-order valence-corrected chi connectivity index (χ2v) is 7.58. The number of nitrogens with zero attached hydrogens (tertiary/aromatic N) is 1. The van der Waals surface area contributed by atoms with Crippen LogP contribution < -0.4 is 15.4 Å². The van der Waals surface area contributed by atoms with E-state index in [0.29, 0.717) is 22.7 Å². The molecule has 1 aliphatic heterocycles. The summed E-state index contributed by atoms with van der Waals surface area (Å²) in [5.41, 5.74) is 2.33. The second kappa shape index (κ2) is 10.1. The van der Waals surface area contributed by atoms with Crippen LogP contribution in [-0.4, -0.2) is 49.0 Å². The summed E-state index contributed by atoms with van der Waals surface area (Å²) in [5.74, 6) is -0.302. The molecule has 3 amide bonds. The lowest BCUT2D eigenvalue weighted by Crippen LogP contribution is -2.35. The molecule has 2 aromatic carbocycles. The molecule has 0 saturated carbocycles. The molecule has 0 atom stereocenters. The lowest BCUT2D eigenvalue weighted by Gasteiger charge is -2.14. The zero-order valence-corrected chi connectivity index (χ0v) is 18.6. The molecule has 0 fully saturated rings. The van der Waals surface area contributed by atoms with Gasteiger partial charge in [-0.25, -0.2) is 0 Å². The Hall–Kier alpha value is -3.65. The highest BCUT2D eigenvalue weighted by molar-refractivity contribution is 6.36. The smallest absolute Gasteiger partial charge is 0.278 e. The summed E-state index contributed by atoms with van der Waals surface area (Å²) in [6.45, 7) is 5.69. The Bertz CT molecular complexity index is 1030.